The molecule has 1 atom stereocenters. The lowest BCUT2D eigenvalue weighted by Crippen LogP contribution is -2.14. The van der Waals surface area contributed by atoms with Gasteiger partial charge in [-0.25, -0.2) is 8.78 Å². The Balaban J connectivity index is 2.30. The standard InChI is InChI=1S/C12H9BrClF2NS/c13-7-1-2-9(15)6(11(7)16)5-10(17)12-8(14)3-4-18-12/h1-4,10H,5,17H2. The molecule has 2 aromatic rings. The molecule has 2 N–H and O–H groups in total. The van der Waals surface area contributed by atoms with Gasteiger partial charge in [-0.15, -0.1) is 11.3 Å². The Labute approximate surface area is 121 Å². The highest BCUT2D eigenvalue weighted by atomic mass is 79.9. The molecule has 0 bridgehead atoms. The molecule has 0 fully saturated rings. The van der Waals surface area contributed by atoms with Crippen LogP contribution in [0, 0.1) is 11.6 Å². The lowest BCUT2D eigenvalue weighted by Gasteiger charge is -2.12. The van der Waals surface area contributed by atoms with Crippen molar-refractivity contribution in [3.63, 3.8) is 0 Å². The second kappa shape index (κ2) is 5.65. The van der Waals surface area contributed by atoms with Crippen molar-refractivity contribution in [1.29, 1.82) is 0 Å². The third kappa shape index (κ3) is 2.74. The molecule has 0 radical (unpaired) electrons. The number of halogens is 4. The molecule has 96 valence electrons. The van der Waals surface area contributed by atoms with Crippen molar-refractivity contribution in [1.82, 2.24) is 0 Å². The van der Waals surface area contributed by atoms with Gasteiger partial charge in [0.1, 0.15) is 11.6 Å². The van der Waals surface area contributed by atoms with Crippen LogP contribution in [0.25, 0.3) is 0 Å². The first-order valence-corrected chi connectivity index (χ1v) is 7.16. The monoisotopic (exact) mass is 351 g/mol. The number of nitrogens with two attached hydrogens (primary N) is 1. The summed E-state index contributed by atoms with van der Waals surface area (Å²) in [6.07, 6.45) is 0.0668. The Hall–Kier alpha value is -0.490. The molecular formula is C12H9BrClF2NS. The van der Waals surface area contributed by atoms with Crippen molar-refractivity contribution in [2.75, 3.05) is 0 Å². The Morgan fingerprint density at radius 2 is 2.06 bits per heavy atom. The summed E-state index contributed by atoms with van der Waals surface area (Å²) < 4.78 is 27.6. The largest absolute Gasteiger partial charge is 0.323 e. The van der Waals surface area contributed by atoms with Crippen LogP contribution in [0.3, 0.4) is 0 Å². The predicted octanol–water partition coefficient (Wildman–Crippen LogP) is 4.68. The number of thiophene rings is 1. The molecule has 0 amide bonds. The molecule has 6 heteroatoms. The van der Waals surface area contributed by atoms with Gasteiger partial charge < -0.3 is 5.73 Å². The van der Waals surface area contributed by atoms with E-state index in [0.29, 0.717) is 5.02 Å². The van der Waals surface area contributed by atoms with E-state index in [1.54, 1.807) is 11.4 Å². The summed E-state index contributed by atoms with van der Waals surface area (Å²) in [7, 11) is 0. The van der Waals surface area contributed by atoms with Crippen molar-refractivity contribution >= 4 is 38.9 Å². The topological polar surface area (TPSA) is 26.0 Å². The molecule has 0 aliphatic heterocycles. The van der Waals surface area contributed by atoms with Gasteiger partial charge in [-0.05, 0) is 45.9 Å². The van der Waals surface area contributed by atoms with Gasteiger partial charge in [0.2, 0.25) is 0 Å². The lowest BCUT2D eigenvalue weighted by molar-refractivity contribution is 0.537. The molecule has 1 aromatic carbocycles. The zero-order chi connectivity index (χ0) is 13.3. The minimum Gasteiger partial charge on any atom is -0.323 e. The van der Waals surface area contributed by atoms with E-state index in [9.17, 15) is 8.78 Å². The summed E-state index contributed by atoms with van der Waals surface area (Å²) in [6, 6.07) is 3.74. The van der Waals surface area contributed by atoms with E-state index in [1.165, 1.54) is 23.5 Å². The number of benzene rings is 1. The summed E-state index contributed by atoms with van der Waals surface area (Å²) in [4.78, 5) is 0.732. The summed E-state index contributed by atoms with van der Waals surface area (Å²) in [6.45, 7) is 0. The van der Waals surface area contributed by atoms with E-state index < -0.39 is 17.7 Å². The van der Waals surface area contributed by atoms with Crippen molar-refractivity contribution < 1.29 is 8.78 Å². The maximum Gasteiger partial charge on any atom is 0.143 e. The van der Waals surface area contributed by atoms with Crippen LogP contribution in [0.2, 0.25) is 5.02 Å². The zero-order valence-electron chi connectivity index (χ0n) is 9.09. The molecule has 1 aromatic heterocycles. The average Bonchev–Trinajstić information content (AvgIpc) is 2.76. The van der Waals surface area contributed by atoms with Gasteiger partial charge in [0.15, 0.2) is 0 Å². The first kappa shape index (κ1) is 13.9. The minimum absolute atomic E-state index is 0.0265. The zero-order valence-corrected chi connectivity index (χ0v) is 12.2. The van der Waals surface area contributed by atoms with Gasteiger partial charge in [0.05, 0.1) is 9.50 Å². The molecule has 0 spiro atoms. The van der Waals surface area contributed by atoms with Crippen LogP contribution < -0.4 is 5.73 Å². The summed E-state index contributed by atoms with van der Waals surface area (Å²) >= 11 is 10.4. The van der Waals surface area contributed by atoms with E-state index in [2.05, 4.69) is 15.9 Å². The lowest BCUT2D eigenvalue weighted by atomic mass is 10.0. The van der Waals surface area contributed by atoms with Gasteiger partial charge in [-0.1, -0.05) is 11.6 Å². The maximum atomic E-state index is 13.8. The Kier molecular flexibility index (Phi) is 4.37. The third-order valence-corrected chi connectivity index (χ3v) is 4.65. The highest BCUT2D eigenvalue weighted by molar-refractivity contribution is 9.10. The molecule has 0 saturated heterocycles. The van der Waals surface area contributed by atoms with Crippen LogP contribution in [-0.4, -0.2) is 0 Å². The molecule has 1 unspecified atom stereocenters. The quantitative estimate of drug-likeness (QED) is 0.797. The van der Waals surface area contributed by atoms with Crippen molar-refractivity contribution in [3.05, 3.63) is 55.1 Å². The van der Waals surface area contributed by atoms with Crippen molar-refractivity contribution in [2.45, 2.75) is 12.5 Å². The summed E-state index contributed by atoms with van der Waals surface area (Å²) in [5.74, 6) is -1.21. The van der Waals surface area contributed by atoms with Crippen LogP contribution in [0.5, 0.6) is 0 Å². The SMILES string of the molecule is NC(Cc1c(F)ccc(Br)c1F)c1sccc1Cl. The number of hydrogen-bond donors (Lipinski definition) is 1. The van der Waals surface area contributed by atoms with E-state index in [0.717, 1.165) is 4.88 Å². The Bertz CT molecular complexity index is 573. The van der Waals surface area contributed by atoms with E-state index in [-0.39, 0.29) is 16.5 Å². The minimum atomic E-state index is -0.613. The van der Waals surface area contributed by atoms with Crippen molar-refractivity contribution in [2.24, 2.45) is 5.73 Å². The predicted molar refractivity (Wildman–Crippen MR) is 74.0 cm³/mol. The molecular weight excluding hydrogens is 344 g/mol. The number of hydrogen-bond acceptors (Lipinski definition) is 2. The molecule has 18 heavy (non-hydrogen) atoms. The first-order chi connectivity index (χ1) is 8.50. The van der Waals surface area contributed by atoms with Crippen LogP contribution >= 0.6 is 38.9 Å². The Morgan fingerprint density at radius 3 is 2.67 bits per heavy atom. The van der Waals surface area contributed by atoms with Crippen LogP contribution in [0.15, 0.2) is 28.1 Å². The highest BCUT2D eigenvalue weighted by Crippen LogP contribution is 2.31. The fourth-order valence-corrected chi connectivity index (χ4v) is 3.21. The molecule has 0 aliphatic rings. The van der Waals surface area contributed by atoms with Crippen LogP contribution in [0.4, 0.5) is 8.78 Å². The van der Waals surface area contributed by atoms with Crippen molar-refractivity contribution in [3.8, 4) is 0 Å². The summed E-state index contributed by atoms with van der Waals surface area (Å²) in [5.41, 5.74) is 5.91. The van der Waals surface area contributed by atoms with Crippen LogP contribution in [0.1, 0.15) is 16.5 Å². The smallest absolute Gasteiger partial charge is 0.143 e. The normalized spacial score (nSPS) is 12.7. The van der Waals surface area contributed by atoms with Gasteiger partial charge in [0.25, 0.3) is 0 Å². The first-order valence-electron chi connectivity index (χ1n) is 5.11. The van der Waals surface area contributed by atoms with Gasteiger partial charge >= 0.3 is 0 Å². The molecule has 1 nitrogen and oxygen atoms in total. The molecule has 2 rings (SSSR count). The Morgan fingerprint density at radius 1 is 1.33 bits per heavy atom. The second-order valence-corrected chi connectivity index (χ2v) is 5.97. The van der Waals surface area contributed by atoms with E-state index in [1.807, 2.05) is 0 Å². The fourth-order valence-electron chi connectivity index (χ4n) is 1.64. The fraction of sp³-hybridized carbons (Fsp3) is 0.167. The summed E-state index contributed by atoms with van der Waals surface area (Å²) in [5, 5.41) is 2.33. The van der Waals surface area contributed by atoms with Crippen LogP contribution in [-0.2, 0) is 6.42 Å². The maximum absolute atomic E-state index is 13.8. The van der Waals surface area contributed by atoms with Gasteiger partial charge in [-0.3, -0.25) is 0 Å². The van der Waals surface area contributed by atoms with Gasteiger partial charge in [-0.2, -0.15) is 0 Å². The van der Waals surface area contributed by atoms with Gasteiger partial charge in [0, 0.05) is 16.5 Å². The second-order valence-electron chi connectivity index (χ2n) is 3.77. The number of rotatable bonds is 3. The third-order valence-electron chi connectivity index (χ3n) is 2.54. The van der Waals surface area contributed by atoms with E-state index in [4.69, 9.17) is 17.3 Å². The molecule has 0 saturated carbocycles. The average molecular weight is 353 g/mol. The molecule has 0 aliphatic carbocycles. The van der Waals surface area contributed by atoms with E-state index >= 15 is 0 Å². The highest BCUT2D eigenvalue weighted by Gasteiger charge is 2.18. The molecule has 1 heterocycles.